The van der Waals surface area contributed by atoms with Gasteiger partial charge in [-0.3, -0.25) is 4.90 Å². The first-order valence-corrected chi connectivity index (χ1v) is 7.09. The zero-order valence-electron chi connectivity index (χ0n) is 9.56. The molecule has 0 unspecified atom stereocenters. The summed E-state index contributed by atoms with van der Waals surface area (Å²) in [5, 5.41) is 3.47. The Bertz CT molecular complexity index is 391. The molecule has 0 amide bonds. The number of rotatable bonds is 2. The van der Waals surface area contributed by atoms with E-state index in [1.165, 1.54) is 11.3 Å². The molecule has 0 bridgehead atoms. The van der Waals surface area contributed by atoms with Crippen molar-refractivity contribution >= 4 is 37.5 Å². The maximum absolute atomic E-state index is 3.59. The van der Waals surface area contributed by atoms with Gasteiger partial charge >= 0.3 is 0 Å². The van der Waals surface area contributed by atoms with Gasteiger partial charge < -0.3 is 5.32 Å². The van der Waals surface area contributed by atoms with E-state index in [1.54, 1.807) is 0 Å². The quantitative estimate of drug-likeness (QED) is 0.868. The van der Waals surface area contributed by atoms with Crippen LogP contribution in [0.25, 0.3) is 0 Å². The van der Waals surface area contributed by atoms with E-state index in [-0.39, 0.29) is 0 Å². The Morgan fingerprint density at radius 2 is 2.12 bits per heavy atom. The Hall–Kier alpha value is -0.0600. The lowest BCUT2D eigenvalue weighted by atomic mass is 10.1. The molecule has 0 fully saturated rings. The fourth-order valence-corrected chi connectivity index (χ4v) is 3.54. The van der Waals surface area contributed by atoms with Crippen molar-refractivity contribution in [2.45, 2.75) is 20.4 Å². The summed E-state index contributed by atoms with van der Waals surface area (Å²) >= 11 is 7.13. The average molecular weight is 348 g/mol. The highest BCUT2D eigenvalue weighted by molar-refractivity contribution is 9.11. The minimum atomic E-state index is 0.707. The Labute approximate surface area is 114 Å². The predicted octanol–water partition coefficient (Wildman–Crippen LogP) is 4.05. The average Bonchev–Trinajstić information content (AvgIpc) is 2.15. The van der Waals surface area contributed by atoms with E-state index in [0.29, 0.717) is 5.92 Å². The molecule has 2 rings (SSSR count). The van der Waals surface area contributed by atoms with Crippen LogP contribution in [0.5, 0.6) is 0 Å². The molecule has 1 N–H and O–H groups in total. The predicted molar refractivity (Wildman–Crippen MR) is 75.6 cm³/mol. The first-order chi connectivity index (χ1) is 7.56. The topological polar surface area (TPSA) is 15.3 Å². The second-order valence-electron chi connectivity index (χ2n) is 4.66. The number of anilines is 1. The van der Waals surface area contributed by atoms with Gasteiger partial charge in [0.25, 0.3) is 0 Å². The van der Waals surface area contributed by atoms with Crippen molar-refractivity contribution in [3.8, 4) is 0 Å². The van der Waals surface area contributed by atoms with Crippen LogP contribution in [0.1, 0.15) is 19.4 Å². The normalized spacial score (nSPS) is 16.1. The molecule has 1 aliphatic heterocycles. The van der Waals surface area contributed by atoms with E-state index < -0.39 is 0 Å². The summed E-state index contributed by atoms with van der Waals surface area (Å²) < 4.78 is 2.27. The molecule has 0 saturated carbocycles. The summed E-state index contributed by atoms with van der Waals surface area (Å²) in [7, 11) is 0. The molecule has 1 aromatic rings. The van der Waals surface area contributed by atoms with E-state index in [1.807, 2.05) is 0 Å². The fourth-order valence-electron chi connectivity index (χ4n) is 2.08. The summed E-state index contributed by atoms with van der Waals surface area (Å²) in [4.78, 5) is 2.44. The summed E-state index contributed by atoms with van der Waals surface area (Å²) in [6.07, 6.45) is 0. The first-order valence-electron chi connectivity index (χ1n) is 5.50. The second kappa shape index (κ2) is 5.07. The standard InChI is InChI=1S/C12H16Br2N2/c1-8(2)5-16-6-9-3-10(13)4-11(14)12(9)15-7-16/h3-4,8,15H,5-7H2,1-2H3. The van der Waals surface area contributed by atoms with E-state index in [9.17, 15) is 0 Å². The molecular formula is C12H16Br2N2. The molecule has 16 heavy (non-hydrogen) atoms. The van der Waals surface area contributed by atoms with Crippen LogP contribution < -0.4 is 5.32 Å². The summed E-state index contributed by atoms with van der Waals surface area (Å²) in [6, 6.07) is 4.28. The van der Waals surface area contributed by atoms with Crippen LogP contribution in [0, 0.1) is 5.92 Å². The highest BCUT2D eigenvalue weighted by Crippen LogP contribution is 2.33. The van der Waals surface area contributed by atoms with Gasteiger partial charge in [0.05, 0.1) is 12.4 Å². The molecule has 0 radical (unpaired) electrons. The number of fused-ring (bicyclic) bond motifs is 1. The SMILES string of the molecule is CC(C)CN1CNc2c(Br)cc(Br)cc2C1. The minimum Gasteiger partial charge on any atom is -0.371 e. The Morgan fingerprint density at radius 1 is 1.38 bits per heavy atom. The maximum atomic E-state index is 3.59. The number of nitrogens with one attached hydrogen (secondary N) is 1. The van der Waals surface area contributed by atoms with E-state index in [4.69, 9.17) is 0 Å². The van der Waals surface area contributed by atoms with Crippen LogP contribution in [0.3, 0.4) is 0 Å². The molecular weight excluding hydrogens is 332 g/mol. The van der Waals surface area contributed by atoms with Crippen molar-refractivity contribution in [3.05, 3.63) is 26.6 Å². The molecule has 0 spiro atoms. The molecule has 0 atom stereocenters. The third-order valence-electron chi connectivity index (χ3n) is 2.63. The van der Waals surface area contributed by atoms with E-state index in [0.717, 1.165) is 28.7 Å². The monoisotopic (exact) mass is 346 g/mol. The first kappa shape index (κ1) is 12.4. The number of halogens is 2. The summed E-state index contributed by atoms with van der Waals surface area (Å²) in [6.45, 7) is 7.61. The molecule has 1 aliphatic rings. The maximum Gasteiger partial charge on any atom is 0.0681 e. The van der Waals surface area contributed by atoms with Gasteiger partial charge in [-0.05, 0) is 39.5 Å². The molecule has 1 aromatic carbocycles. The lowest BCUT2D eigenvalue weighted by Crippen LogP contribution is -2.36. The van der Waals surface area contributed by atoms with Gasteiger partial charge in [-0.1, -0.05) is 29.8 Å². The number of hydrogen-bond donors (Lipinski definition) is 1. The Morgan fingerprint density at radius 3 is 2.81 bits per heavy atom. The Balaban J connectivity index is 2.20. The van der Waals surface area contributed by atoms with E-state index >= 15 is 0 Å². The van der Waals surface area contributed by atoms with Crippen molar-refractivity contribution in [1.29, 1.82) is 0 Å². The lowest BCUT2D eigenvalue weighted by molar-refractivity contribution is 0.245. The van der Waals surface area contributed by atoms with Gasteiger partial charge in [0.15, 0.2) is 0 Å². The zero-order valence-corrected chi connectivity index (χ0v) is 12.7. The minimum absolute atomic E-state index is 0.707. The lowest BCUT2D eigenvalue weighted by Gasteiger charge is -2.31. The highest BCUT2D eigenvalue weighted by atomic mass is 79.9. The summed E-state index contributed by atoms with van der Waals surface area (Å²) in [5.41, 5.74) is 2.59. The van der Waals surface area contributed by atoms with Crippen LogP contribution in [-0.2, 0) is 6.54 Å². The largest absolute Gasteiger partial charge is 0.371 e. The van der Waals surface area contributed by atoms with Crippen LogP contribution in [-0.4, -0.2) is 18.1 Å². The Kier molecular flexibility index (Phi) is 3.93. The summed E-state index contributed by atoms with van der Waals surface area (Å²) in [5.74, 6) is 0.707. The molecule has 4 heteroatoms. The van der Waals surface area contributed by atoms with Gasteiger partial charge in [-0.2, -0.15) is 0 Å². The number of nitrogens with zero attached hydrogens (tertiary/aromatic N) is 1. The molecule has 0 aliphatic carbocycles. The van der Waals surface area contributed by atoms with E-state index in [2.05, 4.69) is 68.1 Å². The van der Waals surface area contributed by atoms with Crippen molar-refractivity contribution in [2.75, 3.05) is 18.5 Å². The van der Waals surface area contributed by atoms with Crippen molar-refractivity contribution in [3.63, 3.8) is 0 Å². The van der Waals surface area contributed by atoms with Crippen LogP contribution >= 0.6 is 31.9 Å². The molecule has 88 valence electrons. The number of benzene rings is 1. The third-order valence-corrected chi connectivity index (χ3v) is 3.72. The molecule has 2 nitrogen and oxygen atoms in total. The highest BCUT2D eigenvalue weighted by Gasteiger charge is 2.18. The third kappa shape index (κ3) is 2.79. The van der Waals surface area contributed by atoms with Crippen molar-refractivity contribution in [1.82, 2.24) is 4.90 Å². The van der Waals surface area contributed by atoms with Crippen LogP contribution in [0.15, 0.2) is 21.1 Å². The number of hydrogen-bond acceptors (Lipinski definition) is 2. The van der Waals surface area contributed by atoms with Crippen molar-refractivity contribution < 1.29 is 0 Å². The smallest absolute Gasteiger partial charge is 0.0681 e. The van der Waals surface area contributed by atoms with Crippen LogP contribution in [0.2, 0.25) is 0 Å². The van der Waals surface area contributed by atoms with Gasteiger partial charge in [0.1, 0.15) is 0 Å². The van der Waals surface area contributed by atoms with Gasteiger partial charge in [0, 0.05) is 22.0 Å². The molecule has 0 aromatic heterocycles. The zero-order chi connectivity index (χ0) is 11.7. The van der Waals surface area contributed by atoms with Crippen molar-refractivity contribution in [2.24, 2.45) is 5.92 Å². The second-order valence-corrected chi connectivity index (χ2v) is 6.43. The van der Waals surface area contributed by atoms with Gasteiger partial charge in [-0.25, -0.2) is 0 Å². The van der Waals surface area contributed by atoms with Crippen LogP contribution in [0.4, 0.5) is 5.69 Å². The molecule has 0 saturated heterocycles. The molecule has 1 heterocycles. The van der Waals surface area contributed by atoms with Gasteiger partial charge in [-0.15, -0.1) is 0 Å². The fraction of sp³-hybridized carbons (Fsp3) is 0.500. The van der Waals surface area contributed by atoms with Gasteiger partial charge in [0.2, 0.25) is 0 Å².